The van der Waals surface area contributed by atoms with Crippen molar-refractivity contribution in [2.24, 2.45) is 5.92 Å². The summed E-state index contributed by atoms with van der Waals surface area (Å²) in [5, 5.41) is 3.26. The highest BCUT2D eigenvalue weighted by molar-refractivity contribution is 5.92. The maximum atomic E-state index is 12.3. The van der Waals surface area contributed by atoms with Gasteiger partial charge in [-0.25, -0.2) is 4.98 Å². The highest BCUT2D eigenvalue weighted by atomic mass is 16.2. The van der Waals surface area contributed by atoms with E-state index in [0.717, 1.165) is 38.2 Å². The molecule has 104 valence electrons. The lowest BCUT2D eigenvalue weighted by atomic mass is 10.00. The van der Waals surface area contributed by atoms with E-state index in [1.807, 2.05) is 17.0 Å². The molecule has 1 atom stereocenters. The molecule has 0 radical (unpaired) electrons. The first-order chi connectivity index (χ1) is 9.20. The standard InChI is InChI=1S/C15H23N3O/c1-3-8-16-13-6-7-14(17-10-13)15(19)18-9-4-5-12(2)11-18/h6-7,10,12,16H,3-5,8-9,11H2,1-2H3. The Morgan fingerprint density at radius 3 is 3.00 bits per heavy atom. The number of hydrogen-bond acceptors (Lipinski definition) is 3. The number of pyridine rings is 1. The number of carbonyl (C=O) groups excluding carboxylic acids is 1. The van der Waals surface area contributed by atoms with E-state index in [0.29, 0.717) is 11.6 Å². The smallest absolute Gasteiger partial charge is 0.272 e. The van der Waals surface area contributed by atoms with Crippen LogP contribution < -0.4 is 5.32 Å². The van der Waals surface area contributed by atoms with Gasteiger partial charge in [0.05, 0.1) is 11.9 Å². The summed E-state index contributed by atoms with van der Waals surface area (Å²) in [4.78, 5) is 18.5. The van der Waals surface area contributed by atoms with Crippen molar-refractivity contribution in [2.75, 3.05) is 25.0 Å². The molecule has 1 fully saturated rings. The van der Waals surface area contributed by atoms with Gasteiger partial charge in [0.1, 0.15) is 5.69 Å². The predicted molar refractivity (Wildman–Crippen MR) is 77.3 cm³/mol. The van der Waals surface area contributed by atoms with E-state index in [9.17, 15) is 4.79 Å². The van der Waals surface area contributed by atoms with E-state index in [1.54, 1.807) is 6.20 Å². The van der Waals surface area contributed by atoms with Gasteiger partial charge in [0.25, 0.3) is 5.91 Å². The number of rotatable bonds is 4. The molecule has 1 amide bonds. The minimum Gasteiger partial charge on any atom is -0.384 e. The first kappa shape index (κ1) is 13.8. The number of anilines is 1. The summed E-state index contributed by atoms with van der Waals surface area (Å²) in [7, 11) is 0. The van der Waals surface area contributed by atoms with Crippen LogP contribution in [-0.4, -0.2) is 35.4 Å². The van der Waals surface area contributed by atoms with Crippen molar-refractivity contribution >= 4 is 11.6 Å². The van der Waals surface area contributed by atoms with Crippen molar-refractivity contribution in [1.29, 1.82) is 0 Å². The number of piperidine rings is 1. The molecule has 1 aliphatic heterocycles. The van der Waals surface area contributed by atoms with Crippen molar-refractivity contribution in [2.45, 2.75) is 33.1 Å². The van der Waals surface area contributed by atoms with Gasteiger partial charge in [-0.3, -0.25) is 4.79 Å². The van der Waals surface area contributed by atoms with E-state index in [-0.39, 0.29) is 5.91 Å². The monoisotopic (exact) mass is 261 g/mol. The Bertz CT molecular complexity index is 416. The van der Waals surface area contributed by atoms with Crippen LogP contribution in [0.2, 0.25) is 0 Å². The van der Waals surface area contributed by atoms with Crippen molar-refractivity contribution < 1.29 is 4.79 Å². The molecule has 4 heteroatoms. The van der Waals surface area contributed by atoms with E-state index in [2.05, 4.69) is 24.1 Å². The van der Waals surface area contributed by atoms with Crippen LogP contribution in [0.25, 0.3) is 0 Å². The molecular weight excluding hydrogens is 238 g/mol. The Morgan fingerprint density at radius 1 is 1.53 bits per heavy atom. The third-order valence-electron chi connectivity index (χ3n) is 3.51. The summed E-state index contributed by atoms with van der Waals surface area (Å²) >= 11 is 0. The van der Waals surface area contributed by atoms with E-state index < -0.39 is 0 Å². The molecule has 0 saturated carbocycles. The molecule has 19 heavy (non-hydrogen) atoms. The molecule has 1 aromatic rings. The fourth-order valence-corrected chi connectivity index (χ4v) is 2.43. The van der Waals surface area contributed by atoms with Crippen LogP contribution in [0, 0.1) is 5.92 Å². The second-order valence-electron chi connectivity index (χ2n) is 5.36. The zero-order valence-electron chi connectivity index (χ0n) is 11.9. The van der Waals surface area contributed by atoms with Gasteiger partial charge in [-0.15, -0.1) is 0 Å². The normalized spacial score (nSPS) is 19.3. The Kier molecular flexibility index (Phi) is 4.77. The van der Waals surface area contributed by atoms with Gasteiger partial charge in [0, 0.05) is 19.6 Å². The average Bonchev–Trinajstić information content (AvgIpc) is 2.45. The zero-order valence-corrected chi connectivity index (χ0v) is 11.9. The summed E-state index contributed by atoms with van der Waals surface area (Å²) in [6.07, 6.45) is 5.14. The van der Waals surface area contributed by atoms with Gasteiger partial charge < -0.3 is 10.2 Å². The molecule has 2 rings (SSSR count). The Balaban J connectivity index is 1.98. The largest absolute Gasteiger partial charge is 0.384 e. The number of amides is 1. The molecule has 1 saturated heterocycles. The first-order valence-corrected chi connectivity index (χ1v) is 7.20. The fraction of sp³-hybridized carbons (Fsp3) is 0.600. The summed E-state index contributed by atoms with van der Waals surface area (Å²) in [5.74, 6) is 0.664. The molecule has 0 aromatic carbocycles. The minimum atomic E-state index is 0.0635. The third kappa shape index (κ3) is 3.69. The van der Waals surface area contributed by atoms with Crippen LogP contribution in [0.4, 0.5) is 5.69 Å². The van der Waals surface area contributed by atoms with Crippen molar-refractivity contribution in [3.05, 3.63) is 24.0 Å². The van der Waals surface area contributed by atoms with Crippen molar-refractivity contribution in [1.82, 2.24) is 9.88 Å². The van der Waals surface area contributed by atoms with Gasteiger partial charge in [0.2, 0.25) is 0 Å². The molecule has 0 spiro atoms. The molecule has 0 aliphatic carbocycles. The van der Waals surface area contributed by atoms with Crippen LogP contribution in [0.3, 0.4) is 0 Å². The van der Waals surface area contributed by atoms with Crippen LogP contribution in [-0.2, 0) is 0 Å². The third-order valence-corrected chi connectivity index (χ3v) is 3.51. The van der Waals surface area contributed by atoms with Crippen molar-refractivity contribution in [3.8, 4) is 0 Å². The van der Waals surface area contributed by atoms with Crippen molar-refractivity contribution in [3.63, 3.8) is 0 Å². The quantitative estimate of drug-likeness (QED) is 0.906. The molecular formula is C15H23N3O. The number of nitrogens with one attached hydrogen (secondary N) is 1. The highest BCUT2D eigenvalue weighted by Crippen LogP contribution is 2.17. The fourth-order valence-electron chi connectivity index (χ4n) is 2.43. The topological polar surface area (TPSA) is 45.2 Å². The van der Waals surface area contributed by atoms with Crippen LogP contribution >= 0.6 is 0 Å². The number of nitrogens with zero attached hydrogens (tertiary/aromatic N) is 2. The minimum absolute atomic E-state index is 0.0635. The molecule has 1 aromatic heterocycles. The number of hydrogen-bond donors (Lipinski definition) is 1. The Hall–Kier alpha value is -1.58. The summed E-state index contributed by atoms with van der Waals surface area (Å²) in [5.41, 5.74) is 1.53. The van der Waals surface area contributed by atoms with E-state index in [1.165, 1.54) is 6.42 Å². The van der Waals surface area contributed by atoms with Crippen LogP contribution in [0.1, 0.15) is 43.6 Å². The maximum absolute atomic E-state index is 12.3. The molecule has 2 heterocycles. The first-order valence-electron chi connectivity index (χ1n) is 7.20. The van der Waals surface area contributed by atoms with Crippen LogP contribution in [0.5, 0.6) is 0 Å². The number of carbonyl (C=O) groups is 1. The lowest BCUT2D eigenvalue weighted by Crippen LogP contribution is -2.39. The summed E-state index contributed by atoms with van der Waals surface area (Å²) in [6, 6.07) is 3.75. The number of likely N-dealkylation sites (tertiary alicyclic amines) is 1. The van der Waals surface area contributed by atoms with Crippen LogP contribution in [0.15, 0.2) is 18.3 Å². The predicted octanol–water partition coefficient (Wildman–Crippen LogP) is 2.78. The van der Waals surface area contributed by atoms with Gasteiger partial charge >= 0.3 is 0 Å². The zero-order chi connectivity index (χ0) is 13.7. The second-order valence-corrected chi connectivity index (χ2v) is 5.36. The van der Waals surface area contributed by atoms with E-state index in [4.69, 9.17) is 0 Å². The van der Waals surface area contributed by atoms with Gasteiger partial charge in [-0.05, 0) is 37.3 Å². The average molecular weight is 261 g/mol. The van der Waals surface area contributed by atoms with Gasteiger partial charge in [-0.1, -0.05) is 13.8 Å². The molecule has 1 unspecified atom stereocenters. The summed E-state index contributed by atoms with van der Waals surface area (Å²) in [6.45, 7) is 6.97. The molecule has 0 bridgehead atoms. The lowest BCUT2D eigenvalue weighted by molar-refractivity contribution is 0.0677. The lowest BCUT2D eigenvalue weighted by Gasteiger charge is -2.30. The molecule has 4 nitrogen and oxygen atoms in total. The van der Waals surface area contributed by atoms with Gasteiger partial charge in [-0.2, -0.15) is 0 Å². The summed E-state index contributed by atoms with van der Waals surface area (Å²) < 4.78 is 0. The maximum Gasteiger partial charge on any atom is 0.272 e. The SMILES string of the molecule is CCCNc1ccc(C(=O)N2CCCC(C)C2)nc1. The van der Waals surface area contributed by atoms with Gasteiger partial charge in [0.15, 0.2) is 0 Å². The van der Waals surface area contributed by atoms with E-state index >= 15 is 0 Å². The Labute approximate surface area is 115 Å². The second kappa shape index (κ2) is 6.55. The molecule has 1 N–H and O–H groups in total. The Morgan fingerprint density at radius 2 is 2.37 bits per heavy atom. The number of aromatic nitrogens is 1. The molecule has 1 aliphatic rings. The highest BCUT2D eigenvalue weighted by Gasteiger charge is 2.22.